The van der Waals surface area contributed by atoms with Crippen molar-refractivity contribution in [3.05, 3.63) is 58.7 Å². The Kier molecular flexibility index (Phi) is 32.9. The van der Waals surface area contributed by atoms with E-state index in [2.05, 4.69) is 27.7 Å². The number of carbonyl (C=O) groups is 4. The van der Waals surface area contributed by atoms with Gasteiger partial charge in [-0.05, 0) is 62.1 Å². The van der Waals surface area contributed by atoms with Crippen LogP contribution in [0.4, 0.5) is 0 Å². The molecule has 0 amide bonds. The number of hydrogen-bond donors (Lipinski definition) is 0. The third-order valence-electron chi connectivity index (χ3n) is 9.26. The largest absolute Gasteiger partial charge is 2.00 e. The van der Waals surface area contributed by atoms with Crippen molar-refractivity contribution in [1.29, 1.82) is 0 Å². The van der Waals surface area contributed by atoms with E-state index in [-0.39, 0.29) is 97.6 Å². The van der Waals surface area contributed by atoms with Crippen LogP contribution in [-0.2, 0) is 39.2 Å². The van der Waals surface area contributed by atoms with Crippen LogP contribution < -0.4 is 0 Å². The van der Waals surface area contributed by atoms with Crippen LogP contribution in [0.1, 0.15) is 198 Å². The Balaban J connectivity index is 0.00000116. The summed E-state index contributed by atoms with van der Waals surface area (Å²) in [5.41, 5.74) is -0.628. The molecule has 0 saturated heterocycles. The first kappa shape index (κ1) is 58.7. The molecule has 0 aliphatic heterocycles. The van der Waals surface area contributed by atoms with E-state index in [0.29, 0.717) is 25.7 Å². The molecule has 340 valence electrons. The molecule has 0 bridgehead atoms. The van der Waals surface area contributed by atoms with E-state index in [4.69, 9.17) is 18.9 Å². The monoisotopic (exact) mass is 1020 g/mol. The Bertz CT molecular complexity index is 1590. The Morgan fingerprint density at radius 3 is 0.754 bits per heavy atom. The molecule has 2 rings (SSSR count). The molecule has 0 saturated carbocycles. The second kappa shape index (κ2) is 34.2. The predicted molar refractivity (Wildman–Crippen MR) is 231 cm³/mol. The number of benzene rings is 2. The molecule has 0 atom stereocenters. The van der Waals surface area contributed by atoms with Crippen LogP contribution in [0.2, 0.25) is 0 Å². The van der Waals surface area contributed by atoms with E-state index in [9.17, 15) is 45.1 Å². The summed E-state index contributed by atoms with van der Waals surface area (Å²) in [6.07, 6.45) is 19.5. The smallest absolute Gasteiger partial charge is 0.744 e. The summed E-state index contributed by atoms with van der Waals surface area (Å²) >= 11 is 0. The molecule has 2 aromatic carbocycles. The van der Waals surface area contributed by atoms with Crippen LogP contribution in [-0.4, -0.2) is 125 Å². The summed E-state index contributed by atoms with van der Waals surface area (Å²) in [7, 11) is -9.70. The quantitative estimate of drug-likeness (QED) is 0.0234. The maximum Gasteiger partial charge on any atom is 2.00 e. The fourth-order valence-corrected chi connectivity index (χ4v) is 6.86. The molecule has 0 N–H and O–H groups in total. The second-order valence-electron chi connectivity index (χ2n) is 14.6. The van der Waals surface area contributed by atoms with Crippen LogP contribution in [0.3, 0.4) is 0 Å². The Hall–Kier alpha value is -2.29. The minimum absolute atomic E-state index is 0. The molecule has 61 heavy (non-hydrogen) atoms. The van der Waals surface area contributed by atoms with Gasteiger partial charge >= 0.3 is 72.8 Å². The molecule has 0 heterocycles. The van der Waals surface area contributed by atoms with Gasteiger partial charge in [0.1, 0.15) is 20.2 Å². The molecule has 0 unspecified atom stereocenters. The van der Waals surface area contributed by atoms with Gasteiger partial charge in [0.05, 0.1) is 58.5 Å². The molecule has 0 aliphatic carbocycles. The van der Waals surface area contributed by atoms with Crippen molar-refractivity contribution in [2.45, 2.75) is 166 Å². The number of esters is 4. The van der Waals surface area contributed by atoms with E-state index in [1.807, 2.05) is 0 Å². The van der Waals surface area contributed by atoms with E-state index in [0.717, 1.165) is 127 Å². The summed E-state index contributed by atoms with van der Waals surface area (Å²) in [6.45, 7) is 9.17. The van der Waals surface area contributed by atoms with E-state index in [1.165, 1.54) is 12.1 Å². The number of hydrogen-bond acceptors (Lipinski definition) is 14. The van der Waals surface area contributed by atoms with Gasteiger partial charge in [-0.25, -0.2) is 36.0 Å². The minimum Gasteiger partial charge on any atom is -0.744 e. The van der Waals surface area contributed by atoms with Gasteiger partial charge in [-0.1, -0.05) is 130 Å². The van der Waals surface area contributed by atoms with Gasteiger partial charge in [0.2, 0.25) is 0 Å². The van der Waals surface area contributed by atoms with Crippen LogP contribution in [0.5, 0.6) is 0 Å². The van der Waals surface area contributed by atoms with Crippen molar-refractivity contribution in [3.8, 4) is 0 Å². The molecule has 17 heteroatoms. The van der Waals surface area contributed by atoms with E-state index < -0.39 is 53.9 Å². The van der Waals surface area contributed by atoms with Crippen molar-refractivity contribution in [2.75, 3.05) is 26.4 Å². The maximum absolute atomic E-state index is 12.3. The standard InChI is InChI=1S/2C22H34O7S.Ba/c2*1-3-5-7-9-11-13-28-21(23)18-15-19(17-20(16-18)30(25,26)27)22(24)29-14-12-10-8-6-4-2;/h2*15-17H,3-14H2,1-2H3,(H,25,26,27);/q;;+2/p-2. The van der Waals surface area contributed by atoms with Gasteiger partial charge in [0.25, 0.3) is 0 Å². The predicted octanol–water partition coefficient (Wildman–Crippen LogP) is 9.31. The van der Waals surface area contributed by atoms with Crippen molar-refractivity contribution >= 4 is 93.0 Å². The average Bonchev–Trinajstić information content (AvgIpc) is 3.21. The Labute approximate surface area is 404 Å². The normalized spacial score (nSPS) is 11.1. The van der Waals surface area contributed by atoms with Crippen molar-refractivity contribution in [3.63, 3.8) is 0 Å². The number of carbonyl (C=O) groups excluding carboxylic acids is 4. The van der Waals surface area contributed by atoms with Crippen LogP contribution in [0.15, 0.2) is 46.2 Å². The van der Waals surface area contributed by atoms with Gasteiger partial charge in [0, 0.05) is 0 Å². The van der Waals surface area contributed by atoms with Gasteiger partial charge in [-0.2, -0.15) is 0 Å². The van der Waals surface area contributed by atoms with Crippen LogP contribution >= 0.6 is 0 Å². The van der Waals surface area contributed by atoms with Crippen molar-refractivity contribution in [1.82, 2.24) is 0 Å². The van der Waals surface area contributed by atoms with Crippen molar-refractivity contribution in [2.24, 2.45) is 0 Å². The zero-order chi connectivity index (χ0) is 44.8. The molecule has 0 aliphatic rings. The minimum atomic E-state index is -4.85. The molecule has 0 spiro atoms. The Morgan fingerprint density at radius 2 is 0.574 bits per heavy atom. The first-order valence-electron chi connectivity index (χ1n) is 21.5. The first-order valence-corrected chi connectivity index (χ1v) is 24.3. The van der Waals surface area contributed by atoms with Gasteiger partial charge in [-0.15, -0.1) is 0 Å². The summed E-state index contributed by atoms with van der Waals surface area (Å²) in [4.78, 5) is 47.8. The topological polar surface area (TPSA) is 220 Å². The molecule has 0 aromatic heterocycles. The van der Waals surface area contributed by atoms with Gasteiger partial charge in [-0.3, -0.25) is 0 Å². The number of ether oxygens (including phenoxy) is 4. The fraction of sp³-hybridized carbons (Fsp3) is 0.636. The maximum atomic E-state index is 12.3. The fourth-order valence-electron chi connectivity index (χ4n) is 5.77. The summed E-state index contributed by atoms with van der Waals surface area (Å²) in [5.74, 6) is -3.09. The van der Waals surface area contributed by atoms with Gasteiger partial charge in [0.15, 0.2) is 0 Å². The zero-order valence-corrected chi connectivity index (χ0v) is 42.7. The third kappa shape index (κ3) is 26.8. The summed E-state index contributed by atoms with van der Waals surface area (Å²) < 4.78 is 89.3. The molecule has 0 radical (unpaired) electrons. The summed E-state index contributed by atoms with van der Waals surface area (Å²) in [5, 5.41) is 0. The first-order chi connectivity index (χ1) is 28.6. The third-order valence-corrected chi connectivity index (χ3v) is 10.9. The van der Waals surface area contributed by atoms with Gasteiger partial charge < -0.3 is 28.1 Å². The van der Waals surface area contributed by atoms with E-state index in [1.54, 1.807) is 0 Å². The van der Waals surface area contributed by atoms with Crippen LogP contribution in [0.25, 0.3) is 0 Å². The SMILES string of the molecule is CCCCCCCOC(=O)c1cc(C(=O)OCCCCCCC)cc(S(=O)(=O)[O-])c1.CCCCCCCOC(=O)c1cc(C(=O)OCCCCCCC)cc(S(=O)(=O)[O-])c1.[Ba+2]. The molecule has 0 fully saturated rings. The number of unbranched alkanes of at least 4 members (excludes halogenated alkanes) is 16. The van der Waals surface area contributed by atoms with E-state index >= 15 is 0 Å². The number of rotatable bonds is 30. The van der Waals surface area contributed by atoms with Crippen molar-refractivity contribution < 1.29 is 64.1 Å². The zero-order valence-electron chi connectivity index (χ0n) is 36.7. The molecular weight excluding hydrogens is 954 g/mol. The van der Waals surface area contributed by atoms with Crippen LogP contribution in [0, 0.1) is 0 Å². The molecular formula is C44H66BaO14S2. The summed E-state index contributed by atoms with van der Waals surface area (Å²) in [6, 6.07) is 6.14. The molecule has 14 nitrogen and oxygen atoms in total. The second-order valence-corrected chi connectivity index (χ2v) is 17.4. The molecule has 2 aromatic rings. The average molecular weight is 1020 g/mol. The Morgan fingerprint density at radius 1 is 0.377 bits per heavy atom.